The van der Waals surface area contributed by atoms with E-state index in [4.69, 9.17) is 11.6 Å². The first kappa shape index (κ1) is 13.8. The van der Waals surface area contributed by atoms with Gasteiger partial charge in [-0.3, -0.25) is 10.1 Å². The first-order chi connectivity index (χ1) is 10.3. The van der Waals surface area contributed by atoms with Crippen molar-refractivity contribution in [3.05, 3.63) is 71.1 Å². The molecule has 1 aromatic carbocycles. The summed E-state index contributed by atoms with van der Waals surface area (Å²) in [7, 11) is 0. The Morgan fingerprint density at radius 1 is 1.05 bits per heavy atom. The summed E-state index contributed by atoms with van der Waals surface area (Å²) in [6.45, 7) is 1.46. The van der Waals surface area contributed by atoms with Crippen LogP contribution in [0.25, 0.3) is 11.3 Å². The number of hydrogen-bond donors (Lipinski definition) is 2. The topological polar surface area (TPSA) is 53.6 Å². The third-order valence-electron chi connectivity index (χ3n) is 3.20. The molecule has 0 aliphatic heterocycles. The van der Waals surface area contributed by atoms with Crippen LogP contribution in [-0.2, 0) is 13.1 Å². The number of hydrogen-bond acceptors (Lipinski definition) is 3. The van der Waals surface area contributed by atoms with E-state index in [-0.39, 0.29) is 0 Å². The lowest BCUT2D eigenvalue weighted by Gasteiger charge is -2.06. The normalized spacial score (nSPS) is 10.7. The molecule has 0 radical (unpaired) electrons. The second-order valence-corrected chi connectivity index (χ2v) is 5.14. The molecule has 2 heterocycles. The molecule has 0 aliphatic rings. The minimum absolute atomic E-state index is 0.727. The number of aromatic nitrogens is 3. The molecule has 0 fully saturated rings. The highest BCUT2D eigenvalue weighted by molar-refractivity contribution is 6.30. The summed E-state index contributed by atoms with van der Waals surface area (Å²) < 4.78 is 0. The van der Waals surface area contributed by atoms with Gasteiger partial charge in [-0.25, -0.2) is 0 Å². The Bertz CT molecular complexity index is 692. The van der Waals surface area contributed by atoms with E-state index in [2.05, 4.69) is 20.5 Å². The number of H-pyrrole nitrogens is 1. The highest BCUT2D eigenvalue weighted by atomic mass is 35.5. The van der Waals surface area contributed by atoms with Crippen LogP contribution in [-0.4, -0.2) is 15.2 Å². The summed E-state index contributed by atoms with van der Waals surface area (Å²) in [4.78, 5) is 4.29. The van der Waals surface area contributed by atoms with Gasteiger partial charge >= 0.3 is 0 Å². The fourth-order valence-electron chi connectivity index (χ4n) is 2.14. The molecule has 3 aromatic rings. The minimum Gasteiger partial charge on any atom is -0.307 e. The minimum atomic E-state index is 0.727. The van der Waals surface area contributed by atoms with Crippen molar-refractivity contribution in [1.29, 1.82) is 0 Å². The average Bonchev–Trinajstić information content (AvgIpc) is 2.98. The first-order valence-electron chi connectivity index (χ1n) is 6.72. The van der Waals surface area contributed by atoms with Crippen molar-refractivity contribution >= 4 is 11.6 Å². The second-order valence-electron chi connectivity index (χ2n) is 4.70. The maximum absolute atomic E-state index is 5.92. The van der Waals surface area contributed by atoms with Gasteiger partial charge in [-0.15, -0.1) is 0 Å². The molecular weight excluding hydrogens is 284 g/mol. The van der Waals surface area contributed by atoms with Gasteiger partial charge in [0.15, 0.2) is 0 Å². The Morgan fingerprint density at radius 3 is 2.67 bits per heavy atom. The van der Waals surface area contributed by atoms with Crippen LogP contribution in [0.2, 0.25) is 5.02 Å². The highest BCUT2D eigenvalue weighted by Gasteiger charge is 2.07. The van der Waals surface area contributed by atoms with Gasteiger partial charge in [0, 0.05) is 29.9 Å². The molecule has 5 heteroatoms. The molecule has 3 rings (SSSR count). The van der Waals surface area contributed by atoms with Crippen LogP contribution in [0.3, 0.4) is 0 Å². The summed E-state index contributed by atoms with van der Waals surface area (Å²) in [5.41, 5.74) is 4.23. The van der Waals surface area contributed by atoms with Crippen LogP contribution in [0.4, 0.5) is 0 Å². The predicted molar refractivity (Wildman–Crippen MR) is 83.8 cm³/mol. The van der Waals surface area contributed by atoms with Crippen LogP contribution in [0.15, 0.2) is 54.9 Å². The Kier molecular flexibility index (Phi) is 4.28. The van der Waals surface area contributed by atoms with Gasteiger partial charge in [-0.2, -0.15) is 5.10 Å². The van der Waals surface area contributed by atoms with Crippen molar-refractivity contribution in [3.63, 3.8) is 0 Å². The monoisotopic (exact) mass is 298 g/mol. The van der Waals surface area contributed by atoms with E-state index < -0.39 is 0 Å². The molecule has 0 amide bonds. The number of nitrogens with one attached hydrogen (secondary N) is 2. The van der Waals surface area contributed by atoms with Gasteiger partial charge in [0.25, 0.3) is 0 Å². The molecule has 2 aromatic heterocycles. The Hall–Kier alpha value is -2.17. The van der Waals surface area contributed by atoms with E-state index in [9.17, 15) is 0 Å². The van der Waals surface area contributed by atoms with E-state index in [0.29, 0.717) is 0 Å². The van der Waals surface area contributed by atoms with Gasteiger partial charge in [-0.05, 0) is 29.8 Å². The van der Waals surface area contributed by atoms with Crippen molar-refractivity contribution < 1.29 is 0 Å². The summed E-state index contributed by atoms with van der Waals surface area (Å²) >= 11 is 5.92. The standard InChI is InChI=1S/C16H15ClN4/c17-14-6-4-12(5-7-14)16-13(10-20-21-16)9-18-11-15-3-1-2-8-19-15/h1-8,10,18H,9,11H2,(H,20,21). The van der Waals surface area contributed by atoms with Crippen LogP contribution in [0, 0.1) is 0 Å². The van der Waals surface area contributed by atoms with Crippen molar-refractivity contribution in [2.45, 2.75) is 13.1 Å². The molecule has 2 N–H and O–H groups in total. The molecule has 21 heavy (non-hydrogen) atoms. The van der Waals surface area contributed by atoms with Crippen molar-refractivity contribution in [1.82, 2.24) is 20.5 Å². The number of pyridine rings is 1. The summed E-state index contributed by atoms with van der Waals surface area (Å²) in [6, 6.07) is 13.6. The molecule has 0 saturated heterocycles. The first-order valence-corrected chi connectivity index (χ1v) is 7.09. The van der Waals surface area contributed by atoms with Crippen molar-refractivity contribution in [2.24, 2.45) is 0 Å². The fourth-order valence-corrected chi connectivity index (χ4v) is 2.27. The summed E-state index contributed by atoms with van der Waals surface area (Å²) in [5, 5.41) is 11.3. The zero-order valence-electron chi connectivity index (χ0n) is 11.4. The van der Waals surface area contributed by atoms with Gasteiger partial charge in [0.05, 0.1) is 17.6 Å². The van der Waals surface area contributed by atoms with Crippen LogP contribution < -0.4 is 5.32 Å². The molecule has 0 spiro atoms. The lowest BCUT2D eigenvalue weighted by Crippen LogP contribution is -2.13. The third kappa shape index (κ3) is 3.48. The predicted octanol–water partition coefficient (Wildman–Crippen LogP) is 3.41. The van der Waals surface area contributed by atoms with Crippen molar-refractivity contribution in [2.75, 3.05) is 0 Å². The van der Waals surface area contributed by atoms with E-state index >= 15 is 0 Å². The molecule has 0 unspecified atom stereocenters. The number of benzene rings is 1. The van der Waals surface area contributed by atoms with E-state index in [0.717, 1.165) is 40.6 Å². The number of nitrogens with zero attached hydrogens (tertiary/aromatic N) is 2. The maximum atomic E-state index is 5.92. The van der Waals surface area contributed by atoms with Crippen LogP contribution >= 0.6 is 11.6 Å². The van der Waals surface area contributed by atoms with Gasteiger partial charge in [-0.1, -0.05) is 29.8 Å². The lowest BCUT2D eigenvalue weighted by atomic mass is 10.1. The zero-order chi connectivity index (χ0) is 14.5. The maximum Gasteiger partial charge on any atom is 0.0695 e. The Labute approximate surface area is 128 Å². The molecule has 0 aliphatic carbocycles. The fraction of sp³-hybridized carbons (Fsp3) is 0.125. The Morgan fingerprint density at radius 2 is 1.90 bits per heavy atom. The molecule has 106 valence electrons. The second kappa shape index (κ2) is 6.52. The van der Waals surface area contributed by atoms with Crippen LogP contribution in [0.5, 0.6) is 0 Å². The number of halogens is 1. The molecule has 4 nitrogen and oxygen atoms in total. The number of rotatable bonds is 5. The SMILES string of the molecule is Clc1ccc(-c2[nH]ncc2CNCc2ccccn2)cc1. The summed E-state index contributed by atoms with van der Waals surface area (Å²) in [6.07, 6.45) is 3.64. The molecule has 0 saturated carbocycles. The smallest absolute Gasteiger partial charge is 0.0695 e. The average molecular weight is 299 g/mol. The van der Waals surface area contributed by atoms with Gasteiger partial charge in [0.2, 0.25) is 0 Å². The molecular formula is C16H15ClN4. The quantitative estimate of drug-likeness (QED) is 0.759. The lowest BCUT2D eigenvalue weighted by molar-refractivity contribution is 0.681. The van der Waals surface area contributed by atoms with E-state index in [1.807, 2.05) is 48.7 Å². The Balaban J connectivity index is 1.67. The van der Waals surface area contributed by atoms with Gasteiger partial charge < -0.3 is 5.32 Å². The van der Waals surface area contributed by atoms with E-state index in [1.165, 1.54) is 0 Å². The van der Waals surface area contributed by atoms with Crippen molar-refractivity contribution in [3.8, 4) is 11.3 Å². The molecule has 0 bridgehead atoms. The zero-order valence-corrected chi connectivity index (χ0v) is 12.1. The largest absolute Gasteiger partial charge is 0.307 e. The van der Waals surface area contributed by atoms with Gasteiger partial charge in [0.1, 0.15) is 0 Å². The molecule has 0 atom stereocenters. The van der Waals surface area contributed by atoms with E-state index in [1.54, 1.807) is 6.20 Å². The number of aromatic amines is 1. The summed E-state index contributed by atoms with van der Waals surface area (Å²) in [5.74, 6) is 0. The van der Waals surface area contributed by atoms with Crippen LogP contribution in [0.1, 0.15) is 11.3 Å². The third-order valence-corrected chi connectivity index (χ3v) is 3.45. The highest BCUT2D eigenvalue weighted by Crippen LogP contribution is 2.22.